The number of nitrogens with zero attached hydrogens (tertiary/aromatic N) is 4. The predicted molar refractivity (Wildman–Crippen MR) is 134 cm³/mol. The summed E-state index contributed by atoms with van der Waals surface area (Å²) in [5.41, 5.74) is 1.08. The Morgan fingerprint density at radius 1 is 1.21 bits per heavy atom. The molecular weight excluding hydrogens is 495 g/mol. The van der Waals surface area contributed by atoms with Crippen LogP contribution in [0.5, 0.6) is 0 Å². The van der Waals surface area contributed by atoms with E-state index in [1.807, 2.05) is 13.1 Å². The maximum Gasteiger partial charge on any atom is 0.416 e. The number of hydrogen-bond acceptors (Lipinski definition) is 5. The summed E-state index contributed by atoms with van der Waals surface area (Å²) >= 11 is 0. The molecule has 2 heterocycles. The highest BCUT2D eigenvalue weighted by molar-refractivity contribution is 6.10. The topological polar surface area (TPSA) is 72.3 Å². The van der Waals surface area contributed by atoms with Crippen LogP contribution in [0.4, 0.5) is 18.9 Å². The fourth-order valence-electron chi connectivity index (χ4n) is 5.30. The number of rotatable bonds is 8. The Hall–Kier alpha value is -3.24. The van der Waals surface area contributed by atoms with E-state index in [0.29, 0.717) is 17.1 Å². The largest absolute Gasteiger partial charge is 0.416 e. The highest BCUT2D eigenvalue weighted by atomic mass is 19.4. The predicted octanol–water partition coefficient (Wildman–Crippen LogP) is 5.29. The van der Waals surface area contributed by atoms with Gasteiger partial charge in [0.1, 0.15) is 12.4 Å². The molecule has 1 N–H and O–H groups in total. The van der Waals surface area contributed by atoms with Crippen LogP contribution in [0.3, 0.4) is 0 Å². The summed E-state index contributed by atoms with van der Waals surface area (Å²) in [7, 11) is 1.83. The van der Waals surface area contributed by atoms with Crippen molar-refractivity contribution in [2.75, 3.05) is 4.90 Å². The Bertz CT molecular complexity index is 1380. The van der Waals surface area contributed by atoms with E-state index in [9.17, 15) is 18.0 Å². The Morgan fingerprint density at radius 3 is 2.63 bits per heavy atom. The maximum atomic E-state index is 14.1. The second-order valence-electron chi connectivity index (χ2n) is 10.9. The van der Waals surface area contributed by atoms with Crippen molar-refractivity contribution in [2.45, 2.75) is 76.0 Å². The molecule has 3 aromatic rings. The number of halogens is 3. The second-order valence-corrected chi connectivity index (χ2v) is 10.9. The average molecular weight is 526 g/mol. The number of hydrogen-bond donors (Lipinski definition) is 1. The SMILES string of the molecule is Cn1cnnc1[C@@H](OC1CC1)c1cccc(N2Cc3c(cc(CNC4(C)CCC4)cc3C(F)(F)F)C2=O)c1. The van der Waals surface area contributed by atoms with Gasteiger partial charge in [-0.05, 0) is 80.0 Å². The third-order valence-electron chi connectivity index (χ3n) is 7.90. The number of alkyl halides is 3. The lowest BCUT2D eigenvalue weighted by molar-refractivity contribution is -0.138. The molecule has 0 saturated heterocycles. The quantitative estimate of drug-likeness (QED) is 0.433. The molecule has 2 saturated carbocycles. The summed E-state index contributed by atoms with van der Waals surface area (Å²) in [5, 5.41) is 11.6. The third-order valence-corrected chi connectivity index (χ3v) is 7.90. The molecule has 38 heavy (non-hydrogen) atoms. The second kappa shape index (κ2) is 9.20. The highest BCUT2D eigenvalue weighted by Crippen LogP contribution is 2.41. The van der Waals surface area contributed by atoms with Gasteiger partial charge in [0.25, 0.3) is 5.91 Å². The van der Waals surface area contributed by atoms with Crippen molar-refractivity contribution in [3.05, 3.63) is 76.4 Å². The molecule has 0 bridgehead atoms. The van der Waals surface area contributed by atoms with Gasteiger partial charge in [0.05, 0.1) is 18.2 Å². The molecule has 1 aliphatic heterocycles. The minimum Gasteiger partial charge on any atom is -0.362 e. The number of fused-ring (bicyclic) bond motifs is 1. The average Bonchev–Trinajstić information content (AvgIpc) is 3.50. The summed E-state index contributed by atoms with van der Waals surface area (Å²) < 4.78 is 50.5. The molecule has 10 heteroatoms. The van der Waals surface area contributed by atoms with E-state index in [1.54, 1.807) is 35.2 Å². The van der Waals surface area contributed by atoms with Gasteiger partial charge < -0.3 is 19.5 Å². The molecule has 1 atom stereocenters. The zero-order valence-corrected chi connectivity index (χ0v) is 21.4. The molecule has 0 unspecified atom stereocenters. The number of nitrogens with one attached hydrogen (secondary N) is 1. The molecule has 2 aliphatic carbocycles. The molecule has 2 fully saturated rings. The van der Waals surface area contributed by atoms with Crippen molar-refractivity contribution < 1.29 is 22.7 Å². The highest BCUT2D eigenvalue weighted by Gasteiger charge is 2.41. The number of aryl methyl sites for hydroxylation is 1. The zero-order chi connectivity index (χ0) is 26.7. The van der Waals surface area contributed by atoms with Crippen LogP contribution < -0.4 is 10.2 Å². The molecule has 3 aliphatic rings. The van der Waals surface area contributed by atoms with E-state index >= 15 is 0 Å². The summed E-state index contributed by atoms with van der Waals surface area (Å²) in [4.78, 5) is 14.9. The first kappa shape index (κ1) is 25.1. The van der Waals surface area contributed by atoms with E-state index in [2.05, 4.69) is 22.4 Å². The summed E-state index contributed by atoms with van der Waals surface area (Å²) in [6.07, 6.45) is 1.69. The standard InChI is InChI=1S/C28H30F3N5O2/c1-27(9-4-10-27)32-14-17-11-21-22(23(12-17)28(29,30)31)15-36(26(21)37)19-6-3-5-18(13-19)24(38-20-7-8-20)25-34-33-16-35(25)2/h3,5-6,11-13,16,20,24,32H,4,7-10,14-15H2,1-2H3/t24-/m0/s1. The molecule has 0 radical (unpaired) electrons. The first-order chi connectivity index (χ1) is 18.1. The lowest BCUT2D eigenvalue weighted by Gasteiger charge is -2.39. The fraction of sp³-hybridized carbons (Fsp3) is 0.464. The van der Waals surface area contributed by atoms with Gasteiger partial charge in [-0.25, -0.2) is 0 Å². The number of carbonyl (C=O) groups is 1. The van der Waals surface area contributed by atoms with Gasteiger partial charge in [-0.2, -0.15) is 13.2 Å². The molecular formula is C28H30F3N5O2. The van der Waals surface area contributed by atoms with Crippen LogP contribution in [0, 0.1) is 0 Å². The molecule has 2 aromatic carbocycles. The summed E-state index contributed by atoms with van der Waals surface area (Å²) in [6.45, 7) is 2.22. The number of amides is 1. The summed E-state index contributed by atoms with van der Waals surface area (Å²) in [5.74, 6) is 0.194. The molecule has 200 valence electrons. The lowest BCUT2D eigenvalue weighted by Crippen LogP contribution is -2.47. The van der Waals surface area contributed by atoms with Gasteiger partial charge >= 0.3 is 6.18 Å². The molecule has 7 nitrogen and oxygen atoms in total. The monoisotopic (exact) mass is 525 g/mol. The molecule has 1 aromatic heterocycles. The molecule has 6 rings (SSSR count). The van der Waals surface area contributed by atoms with Gasteiger partial charge in [0.2, 0.25) is 0 Å². The van der Waals surface area contributed by atoms with Gasteiger partial charge in [0.15, 0.2) is 5.82 Å². The number of carbonyl (C=O) groups excluding carboxylic acids is 1. The van der Waals surface area contributed by atoms with E-state index in [0.717, 1.165) is 37.7 Å². The van der Waals surface area contributed by atoms with Crippen LogP contribution in [0.2, 0.25) is 0 Å². The Balaban J connectivity index is 1.32. The summed E-state index contributed by atoms with van der Waals surface area (Å²) in [6, 6.07) is 10.0. The first-order valence-corrected chi connectivity index (χ1v) is 13.0. The number of ether oxygens (including phenoxy) is 1. The van der Waals surface area contributed by atoms with E-state index in [1.165, 1.54) is 11.0 Å². The Kier molecular flexibility index (Phi) is 6.07. The van der Waals surface area contributed by atoms with Crippen molar-refractivity contribution in [3.8, 4) is 0 Å². The fourth-order valence-corrected chi connectivity index (χ4v) is 5.30. The van der Waals surface area contributed by atoms with E-state index in [4.69, 9.17) is 4.74 Å². The molecule has 1 amide bonds. The maximum absolute atomic E-state index is 14.1. The smallest absolute Gasteiger partial charge is 0.362 e. The molecule has 0 spiro atoms. The number of benzene rings is 2. The van der Waals surface area contributed by atoms with Crippen molar-refractivity contribution in [1.29, 1.82) is 0 Å². The van der Waals surface area contributed by atoms with Gasteiger partial charge in [-0.3, -0.25) is 4.79 Å². The van der Waals surface area contributed by atoms with Gasteiger partial charge in [0, 0.05) is 30.4 Å². The van der Waals surface area contributed by atoms with Crippen molar-refractivity contribution in [2.24, 2.45) is 7.05 Å². The van der Waals surface area contributed by atoms with Crippen molar-refractivity contribution in [1.82, 2.24) is 20.1 Å². The minimum atomic E-state index is -4.56. The van der Waals surface area contributed by atoms with Crippen LogP contribution >= 0.6 is 0 Å². The van der Waals surface area contributed by atoms with Gasteiger partial charge in [-0.15, -0.1) is 10.2 Å². The van der Waals surface area contributed by atoms with Crippen LogP contribution in [-0.2, 0) is 31.1 Å². The lowest BCUT2D eigenvalue weighted by atomic mass is 9.78. The third kappa shape index (κ3) is 4.71. The van der Waals surface area contributed by atoms with E-state index < -0.39 is 23.8 Å². The Morgan fingerprint density at radius 2 is 2.00 bits per heavy atom. The van der Waals surface area contributed by atoms with Crippen LogP contribution in [0.25, 0.3) is 0 Å². The van der Waals surface area contributed by atoms with Crippen LogP contribution in [0.1, 0.15) is 83.6 Å². The minimum absolute atomic E-state index is 0.0191. The number of anilines is 1. The normalized spacial score (nSPS) is 19.4. The van der Waals surface area contributed by atoms with Crippen LogP contribution in [-0.4, -0.2) is 32.3 Å². The number of aromatic nitrogens is 3. The van der Waals surface area contributed by atoms with Crippen LogP contribution in [0.15, 0.2) is 42.7 Å². The first-order valence-electron chi connectivity index (χ1n) is 13.0. The van der Waals surface area contributed by atoms with Crippen molar-refractivity contribution in [3.63, 3.8) is 0 Å². The Labute approximate surface area is 219 Å². The van der Waals surface area contributed by atoms with Crippen molar-refractivity contribution >= 4 is 11.6 Å². The van der Waals surface area contributed by atoms with E-state index in [-0.39, 0.29) is 35.9 Å². The zero-order valence-electron chi connectivity index (χ0n) is 21.4. The van der Waals surface area contributed by atoms with Gasteiger partial charge in [-0.1, -0.05) is 12.1 Å².